The highest BCUT2D eigenvalue weighted by molar-refractivity contribution is 7.80. The number of hydrogen-bond donors (Lipinski definition) is 12. The molecule has 0 saturated carbocycles. The van der Waals surface area contributed by atoms with E-state index >= 15 is 0 Å². The van der Waals surface area contributed by atoms with Gasteiger partial charge in [-0.15, -0.1) is 0 Å². The second-order valence-corrected chi connectivity index (χ2v) is 10.1. The van der Waals surface area contributed by atoms with Crippen molar-refractivity contribution in [3.05, 3.63) is 0 Å². The van der Waals surface area contributed by atoms with E-state index in [9.17, 15) is 29.1 Å². The third kappa shape index (κ3) is 15.8. The van der Waals surface area contributed by atoms with Gasteiger partial charge in [0.15, 0.2) is 11.9 Å². The van der Waals surface area contributed by atoms with Crippen LogP contribution in [0.3, 0.4) is 0 Å². The van der Waals surface area contributed by atoms with Crippen LogP contribution in [0, 0.1) is 5.92 Å². The number of hydrogen-bond acceptors (Lipinski definition) is 10. The monoisotopic (exact) mass is 633 g/mol. The average molecular weight is 634 g/mol. The molecule has 16 N–H and O–H groups in total. The number of nitrogens with zero attached hydrogens (tertiary/aromatic N) is 2. The van der Waals surface area contributed by atoms with Crippen LogP contribution in [0.4, 0.5) is 0 Å². The lowest BCUT2D eigenvalue weighted by molar-refractivity contribution is -0.142. The fourth-order valence-corrected chi connectivity index (χ4v) is 3.84. The van der Waals surface area contributed by atoms with Crippen molar-refractivity contribution in [1.82, 2.24) is 21.3 Å². The molecular formula is C24H47N11O7S. The number of thiol groups is 1. The second kappa shape index (κ2) is 20.9. The molecule has 0 aromatic rings. The number of amides is 4. The minimum atomic E-state index is -1.30. The summed E-state index contributed by atoms with van der Waals surface area (Å²) in [5, 5.41) is 28.7. The number of aliphatic hydroxyl groups excluding tert-OH is 1. The van der Waals surface area contributed by atoms with Gasteiger partial charge >= 0.3 is 5.97 Å². The number of carbonyl (C=O) groups excluding carboxylic acids is 4. The van der Waals surface area contributed by atoms with Crippen molar-refractivity contribution in [1.29, 1.82) is 0 Å². The maximum absolute atomic E-state index is 13.4. The molecule has 246 valence electrons. The molecule has 4 amide bonds. The van der Waals surface area contributed by atoms with Crippen molar-refractivity contribution < 1.29 is 34.2 Å². The fraction of sp³-hybridized carbons (Fsp3) is 0.708. The summed E-state index contributed by atoms with van der Waals surface area (Å²) in [6, 6.07) is -6.10. The van der Waals surface area contributed by atoms with Crippen molar-refractivity contribution in [2.24, 2.45) is 44.6 Å². The Labute approximate surface area is 255 Å². The molecule has 18 nitrogen and oxygen atoms in total. The van der Waals surface area contributed by atoms with Crippen LogP contribution in [-0.4, -0.2) is 107 Å². The smallest absolute Gasteiger partial charge is 0.326 e. The highest BCUT2D eigenvalue weighted by Gasteiger charge is 2.33. The summed E-state index contributed by atoms with van der Waals surface area (Å²) in [4.78, 5) is 71.1. The van der Waals surface area contributed by atoms with Crippen LogP contribution in [0.2, 0.25) is 0 Å². The number of carboxylic acids is 1. The van der Waals surface area contributed by atoms with E-state index < -0.39 is 72.3 Å². The lowest BCUT2D eigenvalue weighted by Gasteiger charge is -2.28. The van der Waals surface area contributed by atoms with Gasteiger partial charge in [-0.3, -0.25) is 29.2 Å². The molecule has 0 aromatic heterocycles. The summed E-state index contributed by atoms with van der Waals surface area (Å²) in [6.07, 6.45) is 0.992. The molecule has 0 heterocycles. The predicted octanol–water partition coefficient (Wildman–Crippen LogP) is -4.59. The third-order valence-electron chi connectivity index (χ3n) is 6.28. The van der Waals surface area contributed by atoms with Crippen molar-refractivity contribution in [2.45, 2.75) is 76.2 Å². The van der Waals surface area contributed by atoms with Crippen molar-refractivity contribution >= 4 is 54.1 Å². The van der Waals surface area contributed by atoms with Gasteiger partial charge in [-0.25, -0.2) is 4.79 Å². The number of rotatable bonds is 21. The van der Waals surface area contributed by atoms with E-state index in [0.29, 0.717) is 6.42 Å². The minimum Gasteiger partial charge on any atom is -0.480 e. The van der Waals surface area contributed by atoms with E-state index in [1.54, 1.807) is 13.8 Å². The number of carbonyl (C=O) groups is 5. The molecule has 0 aliphatic heterocycles. The Bertz CT molecular complexity index is 991. The molecule has 19 heteroatoms. The second-order valence-electron chi connectivity index (χ2n) is 9.76. The molecule has 0 aromatic carbocycles. The minimum absolute atomic E-state index is 0.00878. The first kappa shape index (κ1) is 39.2. The maximum Gasteiger partial charge on any atom is 0.326 e. The van der Waals surface area contributed by atoms with E-state index in [-0.39, 0.29) is 56.4 Å². The summed E-state index contributed by atoms with van der Waals surface area (Å²) in [6.45, 7) is 3.13. The molecule has 0 aliphatic rings. The van der Waals surface area contributed by atoms with Gasteiger partial charge in [-0.1, -0.05) is 20.3 Å². The van der Waals surface area contributed by atoms with Gasteiger partial charge in [-0.05, 0) is 31.6 Å². The van der Waals surface area contributed by atoms with Crippen molar-refractivity contribution in [3.8, 4) is 0 Å². The number of guanidine groups is 2. The molecule has 0 bridgehead atoms. The Morgan fingerprint density at radius 1 is 0.767 bits per heavy atom. The zero-order valence-electron chi connectivity index (χ0n) is 24.5. The van der Waals surface area contributed by atoms with Crippen LogP contribution in [-0.2, 0) is 24.0 Å². The first-order valence-corrected chi connectivity index (χ1v) is 14.3. The first-order valence-electron chi connectivity index (χ1n) is 13.7. The normalized spacial score (nSPS) is 14.9. The highest BCUT2D eigenvalue weighted by atomic mass is 32.1. The van der Waals surface area contributed by atoms with E-state index in [1.165, 1.54) is 0 Å². The van der Waals surface area contributed by atoms with Crippen LogP contribution in [0.5, 0.6) is 0 Å². The summed E-state index contributed by atoms with van der Waals surface area (Å²) < 4.78 is 0. The summed E-state index contributed by atoms with van der Waals surface area (Å²) >= 11 is 4.08. The third-order valence-corrected chi connectivity index (χ3v) is 6.65. The van der Waals surface area contributed by atoms with E-state index in [0.717, 1.165) is 0 Å². The van der Waals surface area contributed by atoms with E-state index in [1.807, 2.05) is 0 Å². The van der Waals surface area contributed by atoms with Gasteiger partial charge in [0.25, 0.3) is 0 Å². The largest absolute Gasteiger partial charge is 0.480 e. The zero-order chi connectivity index (χ0) is 33.1. The fourth-order valence-electron chi connectivity index (χ4n) is 3.58. The van der Waals surface area contributed by atoms with E-state index in [2.05, 4.69) is 43.9 Å². The van der Waals surface area contributed by atoms with Gasteiger partial charge in [-0.2, -0.15) is 12.6 Å². The predicted molar refractivity (Wildman–Crippen MR) is 164 cm³/mol. The molecule has 0 spiro atoms. The first-order chi connectivity index (χ1) is 20.2. The van der Waals surface area contributed by atoms with Crippen LogP contribution >= 0.6 is 12.6 Å². The molecule has 0 radical (unpaired) electrons. The average Bonchev–Trinajstić information content (AvgIpc) is 2.95. The Hall–Kier alpha value is -3.84. The number of aliphatic carboxylic acids is 1. The van der Waals surface area contributed by atoms with Crippen LogP contribution in [0.25, 0.3) is 0 Å². The van der Waals surface area contributed by atoms with Crippen LogP contribution < -0.4 is 49.9 Å². The SMILES string of the molecule is CCC(C)C(NC(=O)C(CS)NC(=O)C(N)CO)C(=O)NC(CCCN=C(N)N)C(=O)NC(CCCN=C(N)N)C(=O)O. The van der Waals surface area contributed by atoms with Gasteiger partial charge in [0.2, 0.25) is 23.6 Å². The van der Waals surface area contributed by atoms with Gasteiger partial charge in [0.1, 0.15) is 30.2 Å². The van der Waals surface area contributed by atoms with Crippen LogP contribution in [0.15, 0.2) is 9.98 Å². The van der Waals surface area contributed by atoms with Gasteiger partial charge in [0.05, 0.1) is 6.61 Å². The highest BCUT2D eigenvalue weighted by Crippen LogP contribution is 2.11. The number of aliphatic imine (C=N–C) groups is 2. The van der Waals surface area contributed by atoms with Crippen LogP contribution in [0.1, 0.15) is 46.0 Å². The molecule has 6 unspecified atom stereocenters. The molecule has 6 atom stereocenters. The van der Waals surface area contributed by atoms with Gasteiger partial charge in [0, 0.05) is 18.8 Å². The number of nitrogens with two attached hydrogens (primary N) is 5. The van der Waals surface area contributed by atoms with Crippen molar-refractivity contribution in [3.63, 3.8) is 0 Å². The summed E-state index contributed by atoms with van der Waals surface area (Å²) in [7, 11) is 0. The number of aliphatic hydroxyl groups is 1. The topological polar surface area (TPSA) is 329 Å². The van der Waals surface area contributed by atoms with Gasteiger partial charge < -0.3 is 60.1 Å². The number of carboxylic acid groups (broad SMARTS) is 1. The Morgan fingerprint density at radius 3 is 1.67 bits per heavy atom. The molecule has 0 saturated heterocycles. The molecule has 43 heavy (non-hydrogen) atoms. The lowest BCUT2D eigenvalue weighted by atomic mass is 9.97. The van der Waals surface area contributed by atoms with Crippen molar-refractivity contribution in [2.75, 3.05) is 25.4 Å². The molecule has 0 aliphatic carbocycles. The molecule has 0 fully saturated rings. The Balaban J connectivity index is 5.85. The Morgan fingerprint density at radius 2 is 1.23 bits per heavy atom. The van der Waals surface area contributed by atoms with E-state index in [4.69, 9.17) is 33.8 Å². The number of nitrogens with one attached hydrogen (secondary N) is 4. The quantitative estimate of drug-likeness (QED) is 0.0246. The Kier molecular flexibility index (Phi) is 19.1. The summed E-state index contributed by atoms with van der Waals surface area (Å²) in [5.41, 5.74) is 26.7. The summed E-state index contributed by atoms with van der Waals surface area (Å²) in [5.74, 6) is -5.21. The standard InChI is InChI=1S/C24H47N11O7S/c1-3-12(2)17(35-20(39)16(11-43)34-18(37)13(25)10-36)21(40)32-14(6-4-8-30-23(26)27)19(38)33-15(22(41)42)7-5-9-31-24(28)29/h12-17,36,43H,3-11,25H2,1-2H3,(H,32,40)(H,33,38)(H,34,37)(H,35,39)(H,41,42)(H4,26,27,30)(H4,28,29,31). The zero-order valence-corrected chi connectivity index (χ0v) is 25.4. The molecular weight excluding hydrogens is 586 g/mol. The maximum atomic E-state index is 13.4. The lowest BCUT2D eigenvalue weighted by Crippen LogP contribution is -2.60. The molecule has 0 rings (SSSR count).